The fraction of sp³-hybridized carbons (Fsp3) is 0.0556. The summed E-state index contributed by atoms with van der Waals surface area (Å²) in [6.07, 6.45) is 1.66. The third-order valence-corrected chi connectivity index (χ3v) is 4.64. The minimum atomic E-state index is -0.632. The van der Waals surface area contributed by atoms with E-state index in [1.165, 1.54) is 6.07 Å². The fourth-order valence-electron chi connectivity index (χ4n) is 2.36. The number of carbonyl (C=O) groups excluding carboxylic acids is 1. The number of phenolic OH excluding ortho intramolecular Hbond substituents is 1. The number of aryl methyl sites for hydroxylation is 1. The largest absolute Gasteiger partial charge is 0.505 e. The Morgan fingerprint density at radius 2 is 1.88 bits per heavy atom. The summed E-state index contributed by atoms with van der Waals surface area (Å²) < 4.78 is 0. The SMILES string of the molecule is Cc1nccc(-c2cccc(NC(=O)c3c(O)c(Cl)cc(Cl)c3Cl)c2)n1. The van der Waals surface area contributed by atoms with E-state index < -0.39 is 11.7 Å². The van der Waals surface area contributed by atoms with Crippen molar-refractivity contribution in [2.75, 3.05) is 5.32 Å². The summed E-state index contributed by atoms with van der Waals surface area (Å²) in [6, 6.07) is 10.1. The van der Waals surface area contributed by atoms with Crippen LogP contribution in [-0.4, -0.2) is 21.0 Å². The number of phenols is 1. The maximum atomic E-state index is 12.6. The van der Waals surface area contributed by atoms with E-state index in [1.54, 1.807) is 37.4 Å². The van der Waals surface area contributed by atoms with Gasteiger partial charge in [0, 0.05) is 17.4 Å². The van der Waals surface area contributed by atoms with Crippen molar-refractivity contribution < 1.29 is 9.90 Å². The van der Waals surface area contributed by atoms with Gasteiger partial charge in [0.15, 0.2) is 0 Å². The molecule has 1 aromatic heterocycles. The van der Waals surface area contributed by atoms with Crippen molar-refractivity contribution in [2.45, 2.75) is 6.92 Å². The molecule has 0 unspecified atom stereocenters. The Morgan fingerprint density at radius 3 is 2.62 bits per heavy atom. The molecule has 26 heavy (non-hydrogen) atoms. The van der Waals surface area contributed by atoms with Crippen molar-refractivity contribution in [3.8, 4) is 17.0 Å². The lowest BCUT2D eigenvalue weighted by Gasteiger charge is -2.12. The van der Waals surface area contributed by atoms with Crippen LogP contribution in [0.25, 0.3) is 11.3 Å². The van der Waals surface area contributed by atoms with Crippen LogP contribution in [0, 0.1) is 6.92 Å². The first kappa shape index (κ1) is 18.5. The zero-order valence-corrected chi connectivity index (χ0v) is 15.7. The summed E-state index contributed by atoms with van der Waals surface area (Å²) in [4.78, 5) is 21.0. The van der Waals surface area contributed by atoms with Gasteiger partial charge in [0.25, 0.3) is 5.91 Å². The quantitative estimate of drug-likeness (QED) is 0.571. The molecule has 132 valence electrons. The van der Waals surface area contributed by atoms with Crippen LogP contribution < -0.4 is 5.32 Å². The van der Waals surface area contributed by atoms with Crippen LogP contribution in [0.5, 0.6) is 5.75 Å². The molecular formula is C18H12Cl3N3O2. The molecule has 1 heterocycles. The maximum Gasteiger partial charge on any atom is 0.261 e. The van der Waals surface area contributed by atoms with Gasteiger partial charge in [0.2, 0.25) is 0 Å². The highest BCUT2D eigenvalue weighted by molar-refractivity contribution is 6.46. The topological polar surface area (TPSA) is 75.1 Å². The Bertz CT molecular complexity index is 983. The Labute approximate surface area is 164 Å². The number of hydrogen-bond donors (Lipinski definition) is 2. The zero-order chi connectivity index (χ0) is 18.8. The molecule has 8 heteroatoms. The summed E-state index contributed by atoms with van der Waals surface area (Å²) in [5.41, 5.74) is 1.83. The molecule has 0 aliphatic carbocycles. The number of amides is 1. The summed E-state index contributed by atoms with van der Waals surface area (Å²) in [5.74, 6) is -0.420. The van der Waals surface area contributed by atoms with Crippen LogP contribution in [0.15, 0.2) is 42.6 Å². The van der Waals surface area contributed by atoms with Crippen LogP contribution in [0.3, 0.4) is 0 Å². The van der Waals surface area contributed by atoms with Crippen molar-refractivity contribution in [1.29, 1.82) is 0 Å². The first-order chi connectivity index (χ1) is 12.4. The second-order valence-corrected chi connectivity index (χ2v) is 6.59. The minimum absolute atomic E-state index is 0.0604. The van der Waals surface area contributed by atoms with Crippen LogP contribution in [0.2, 0.25) is 15.1 Å². The summed E-state index contributed by atoms with van der Waals surface area (Å²) >= 11 is 17.9. The average Bonchev–Trinajstić information content (AvgIpc) is 2.60. The van der Waals surface area contributed by atoms with Crippen LogP contribution in [-0.2, 0) is 0 Å². The number of nitrogens with one attached hydrogen (secondary N) is 1. The van der Waals surface area contributed by atoms with E-state index >= 15 is 0 Å². The molecule has 0 spiro atoms. The lowest BCUT2D eigenvalue weighted by molar-refractivity contribution is 0.102. The van der Waals surface area contributed by atoms with E-state index in [-0.39, 0.29) is 20.6 Å². The van der Waals surface area contributed by atoms with E-state index in [0.717, 1.165) is 11.3 Å². The number of rotatable bonds is 3. The molecule has 0 fully saturated rings. The molecule has 0 radical (unpaired) electrons. The highest BCUT2D eigenvalue weighted by atomic mass is 35.5. The molecule has 1 amide bonds. The molecule has 0 bridgehead atoms. The maximum absolute atomic E-state index is 12.6. The van der Waals surface area contributed by atoms with E-state index in [1.807, 2.05) is 6.07 Å². The van der Waals surface area contributed by atoms with Crippen LogP contribution in [0.1, 0.15) is 16.2 Å². The van der Waals surface area contributed by atoms with Gasteiger partial charge < -0.3 is 10.4 Å². The Kier molecular flexibility index (Phi) is 5.32. The van der Waals surface area contributed by atoms with Gasteiger partial charge in [-0.05, 0) is 31.2 Å². The molecule has 0 saturated heterocycles. The summed E-state index contributed by atoms with van der Waals surface area (Å²) in [6.45, 7) is 1.79. The second-order valence-electron chi connectivity index (χ2n) is 5.40. The van der Waals surface area contributed by atoms with E-state index in [4.69, 9.17) is 34.8 Å². The van der Waals surface area contributed by atoms with Gasteiger partial charge in [-0.1, -0.05) is 46.9 Å². The molecule has 0 aliphatic rings. The van der Waals surface area contributed by atoms with Crippen molar-refractivity contribution in [3.05, 3.63) is 69.1 Å². The lowest BCUT2D eigenvalue weighted by atomic mass is 10.1. The van der Waals surface area contributed by atoms with E-state index in [2.05, 4.69) is 15.3 Å². The number of anilines is 1. The van der Waals surface area contributed by atoms with Crippen molar-refractivity contribution in [2.24, 2.45) is 0 Å². The second kappa shape index (κ2) is 7.50. The number of hydrogen-bond acceptors (Lipinski definition) is 4. The van der Waals surface area contributed by atoms with Gasteiger partial charge in [0.05, 0.1) is 20.8 Å². The average molecular weight is 409 g/mol. The Hall–Kier alpha value is -2.34. The first-order valence-electron chi connectivity index (χ1n) is 7.44. The molecular weight excluding hydrogens is 397 g/mol. The van der Waals surface area contributed by atoms with Crippen LogP contribution >= 0.6 is 34.8 Å². The first-order valence-corrected chi connectivity index (χ1v) is 8.58. The third kappa shape index (κ3) is 3.75. The molecule has 5 nitrogen and oxygen atoms in total. The molecule has 3 rings (SSSR count). The normalized spacial score (nSPS) is 10.6. The Balaban J connectivity index is 1.93. The number of aromatic nitrogens is 2. The van der Waals surface area contributed by atoms with Gasteiger partial charge in [-0.2, -0.15) is 0 Å². The smallest absolute Gasteiger partial charge is 0.261 e. The fourth-order valence-corrected chi connectivity index (χ4v) is 3.05. The standard InChI is InChI=1S/C18H12Cl3N3O2/c1-9-22-6-5-14(23-9)10-3-2-4-11(7-10)24-18(26)15-16(21)12(19)8-13(20)17(15)25/h2-8,25H,1H3,(H,24,26). The monoisotopic (exact) mass is 407 g/mol. The van der Waals surface area contributed by atoms with Gasteiger partial charge in [-0.25, -0.2) is 9.97 Å². The predicted octanol–water partition coefficient (Wildman–Crippen LogP) is 5.37. The number of nitrogens with zero attached hydrogens (tertiary/aromatic N) is 2. The number of benzene rings is 2. The van der Waals surface area contributed by atoms with Crippen molar-refractivity contribution in [1.82, 2.24) is 9.97 Å². The van der Waals surface area contributed by atoms with Crippen LogP contribution in [0.4, 0.5) is 5.69 Å². The molecule has 0 saturated carbocycles. The number of aromatic hydroxyl groups is 1. The van der Waals surface area contributed by atoms with Gasteiger partial charge in [0.1, 0.15) is 17.1 Å². The van der Waals surface area contributed by atoms with Gasteiger partial charge in [-0.3, -0.25) is 4.79 Å². The summed E-state index contributed by atoms with van der Waals surface area (Å²) in [5, 5.41) is 12.7. The van der Waals surface area contributed by atoms with Crippen molar-refractivity contribution in [3.63, 3.8) is 0 Å². The summed E-state index contributed by atoms with van der Waals surface area (Å²) in [7, 11) is 0. The minimum Gasteiger partial charge on any atom is -0.505 e. The highest BCUT2D eigenvalue weighted by Crippen LogP contribution is 2.38. The van der Waals surface area contributed by atoms with E-state index in [0.29, 0.717) is 11.5 Å². The molecule has 3 aromatic rings. The predicted molar refractivity (Wildman–Crippen MR) is 103 cm³/mol. The lowest BCUT2D eigenvalue weighted by Crippen LogP contribution is -2.13. The molecule has 2 N–H and O–H groups in total. The third-order valence-electron chi connectivity index (χ3n) is 3.56. The number of carbonyl (C=O) groups is 1. The highest BCUT2D eigenvalue weighted by Gasteiger charge is 2.21. The number of halogens is 3. The van der Waals surface area contributed by atoms with E-state index in [9.17, 15) is 9.90 Å². The van der Waals surface area contributed by atoms with Crippen molar-refractivity contribution >= 4 is 46.4 Å². The molecule has 0 aliphatic heterocycles. The van der Waals surface area contributed by atoms with Gasteiger partial charge >= 0.3 is 0 Å². The molecule has 0 atom stereocenters. The Morgan fingerprint density at radius 1 is 1.12 bits per heavy atom. The zero-order valence-electron chi connectivity index (χ0n) is 13.4. The van der Waals surface area contributed by atoms with Gasteiger partial charge in [-0.15, -0.1) is 0 Å². The molecule has 2 aromatic carbocycles.